The van der Waals surface area contributed by atoms with Crippen molar-refractivity contribution in [3.63, 3.8) is 0 Å². The Morgan fingerprint density at radius 3 is 2.50 bits per heavy atom. The van der Waals surface area contributed by atoms with Crippen LogP contribution in [-0.2, 0) is 0 Å². The zero-order chi connectivity index (χ0) is 12.1. The monoisotopic (exact) mass is 239 g/mol. The fraction of sp³-hybridized carbons (Fsp3) is 0.500. The van der Waals surface area contributed by atoms with Crippen molar-refractivity contribution in [1.82, 2.24) is 10.9 Å². The zero-order valence-electron chi connectivity index (χ0n) is 10.7. The summed E-state index contributed by atoms with van der Waals surface area (Å²) in [4.78, 5) is 3.45. The maximum atomic E-state index is 3.21. The highest BCUT2D eigenvalue weighted by molar-refractivity contribution is 7.98. The van der Waals surface area contributed by atoms with Gasteiger partial charge in [0.2, 0.25) is 0 Å². The average Bonchev–Trinajstić information content (AvgIpc) is 2.28. The van der Waals surface area contributed by atoms with E-state index in [9.17, 15) is 0 Å². The highest BCUT2D eigenvalue weighted by Gasteiger charge is 2.10. The third-order valence-corrected chi connectivity index (χ3v) is 3.35. The van der Waals surface area contributed by atoms with Crippen LogP contribution in [0.15, 0.2) is 23.1 Å². The predicted molar refractivity (Wildman–Crippen MR) is 73.2 cm³/mol. The summed E-state index contributed by atoms with van der Waals surface area (Å²) in [5, 5.41) is 0. The van der Waals surface area contributed by atoms with Crippen molar-refractivity contribution < 1.29 is 0 Å². The Morgan fingerprint density at radius 2 is 2.00 bits per heavy atom. The van der Waals surface area contributed by atoms with E-state index >= 15 is 0 Å². The number of benzene rings is 1. The summed E-state index contributed by atoms with van der Waals surface area (Å²) >= 11 is 1.79. The standard InChI is InChI=1S/C12H21N3S/c1-9(14-13-2)11-7-6-10(15(3)4)8-12(11)16-5/h6-9,13-14H,1-5H3/t9-/m1/s1. The minimum Gasteiger partial charge on any atom is -0.378 e. The first-order valence-electron chi connectivity index (χ1n) is 5.37. The Kier molecular flexibility index (Phi) is 5.12. The van der Waals surface area contributed by atoms with Gasteiger partial charge in [-0.05, 0) is 37.9 Å². The fourth-order valence-corrected chi connectivity index (χ4v) is 2.35. The molecule has 3 nitrogen and oxygen atoms in total. The van der Waals surface area contributed by atoms with Crippen molar-refractivity contribution in [2.24, 2.45) is 0 Å². The lowest BCUT2D eigenvalue weighted by molar-refractivity contribution is 0.500. The van der Waals surface area contributed by atoms with Gasteiger partial charge < -0.3 is 4.90 Å². The number of anilines is 1. The number of nitrogens with zero attached hydrogens (tertiary/aromatic N) is 1. The maximum Gasteiger partial charge on any atom is 0.0445 e. The van der Waals surface area contributed by atoms with Gasteiger partial charge in [-0.15, -0.1) is 11.8 Å². The Morgan fingerprint density at radius 1 is 1.31 bits per heavy atom. The molecule has 0 heterocycles. The molecular formula is C12H21N3S. The zero-order valence-corrected chi connectivity index (χ0v) is 11.5. The summed E-state index contributed by atoms with van der Waals surface area (Å²) in [5.41, 5.74) is 8.76. The van der Waals surface area contributed by atoms with Gasteiger partial charge >= 0.3 is 0 Å². The van der Waals surface area contributed by atoms with Crippen LogP contribution in [0.5, 0.6) is 0 Å². The van der Waals surface area contributed by atoms with Gasteiger partial charge in [-0.3, -0.25) is 10.9 Å². The molecule has 0 unspecified atom stereocenters. The third kappa shape index (κ3) is 3.14. The second-order valence-corrected chi connectivity index (χ2v) is 4.78. The van der Waals surface area contributed by atoms with E-state index in [1.165, 1.54) is 16.1 Å². The molecule has 0 aliphatic carbocycles. The van der Waals surface area contributed by atoms with E-state index in [1.54, 1.807) is 11.8 Å². The molecule has 0 aliphatic heterocycles. The average molecular weight is 239 g/mol. The molecule has 0 amide bonds. The Balaban J connectivity index is 3.01. The summed E-state index contributed by atoms with van der Waals surface area (Å²) in [6, 6.07) is 6.89. The van der Waals surface area contributed by atoms with E-state index in [4.69, 9.17) is 0 Å². The van der Waals surface area contributed by atoms with Gasteiger partial charge in [-0.1, -0.05) is 6.07 Å². The molecule has 4 heteroatoms. The quantitative estimate of drug-likeness (QED) is 0.609. The Bertz CT molecular complexity index is 339. The Hall–Kier alpha value is -0.710. The second kappa shape index (κ2) is 6.13. The lowest BCUT2D eigenvalue weighted by Gasteiger charge is -2.19. The molecule has 0 radical (unpaired) electrons. The molecule has 1 atom stereocenters. The number of hydrogen-bond donors (Lipinski definition) is 2. The molecule has 90 valence electrons. The van der Waals surface area contributed by atoms with Crippen molar-refractivity contribution in [2.45, 2.75) is 17.9 Å². The summed E-state index contributed by atoms with van der Waals surface area (Å²) < 4.78 is 0. The van der Waals surface area contributed by atoms with Crippen molar-refractivity contribution in [3.8, 4) is 0 Å². The molecule has 0 aromatic heterocycles. The minimum atomic E-state index is 0.309. The SMILES string of the molecule is CNN[C@H](C)c1ccc(N(C)C)cc1SC. The van der Waals surface area contributed by atoms with E-state index in [0.717, 1.165) is 0 Å². The molecule has 0 spiro atoms. The fourth-order valence-electron chi connectivity index (χ4n) is 1.63. The van der Waals surface area contributed by atoms with Gasteiger partial charge in [0.05, 0.1) is 0 Å². The van der Waals surface area contributed by atoms with Gasteiger partial charge in [-0.25, -0.2) is 0 Å². The molecule has 16 heavy (non-hydrogen) atoms. The maximum absolute atomic E-state index is 3.21. The molecule has 0 aliphatic rings. The molecule has 1 rings (SSSR count). The van der Waals surface area contributed by atoms with Gasteiger partial charge in [0.15, 0.2) is 0 Å². The van der Waals surface area contributed by atoms with E-state index < -0.39 is 0 Å². The molecular weight excluding hydrogens is 218 g/mol. The Labute approximate surface area is 103 Å². The largest absolute Gasteiger partial charge is 0.378 e. The number of rotatable bonds is 5. The minimum absolute atomic E-state index is 0.309. The van der Waals surface area contributed by atoms with Crippen LogP contribution >= 0.6 is 11.8 Å². The lowest BCUT2D eigenvalue weighted by atomic mass is 10.1. The van der Waals surface area contributed by atoms with E-state index in [1.807, 2.05) is 7.05 Å². The predicted octanol–water partition coefficient (Wildman–Crippen LogP) is 2.26. The first-order chi connectivity index (χ1) is 7.60. The number of hydrogen-bond acceptors (Lipinski definition) is 4. The van der Waals surface area contributed by atoms with Crippen LogP contribution in [-0.4, -0.2) is 27.4 Å². The van der Waals surface area contributed by atoms with Crippen LogP contribution < -0.4 is 15.8 Å². The molecule has 0 bridgehead atoms. The molecule has 0 saturated heterocycles. The van der Waals surface area contributed by atoms with Gasteiger partial charge in [0.1, 0.15) is 0 Å². The summed E-state index contributed by atoms with van der Waals surface area (Å²) in [5.74, 6) is 0. The summed E-state index contributed by atoms with van der Waals surface area (Å²) in [6.45, 7) is 2.15. The number of nitrogens with one attached hydrogen (secondary N) is 2. The number of hydrazine groups is 1. The van der Waals surface area contributed by atoms with Crippen molar-refractivity contribution in [3.05, 3.63) is 23.8 Å². The summed E-state index contributed by atoms with van der Waals surface area (Å²) in [7, 11) is 6.02. The van der Waals surface area contributed by atoms with Crippen LogP contribution in [0.4, 0.5) is 5.69 Å². The molecule has 0 saturated carbocycles. The van der Waals surface area contributed by atoms with Crippen LogP contribution in [0.3, 0.4) is 0 Å². The van der Waals surface area contributed by atoms with Crippen LogP contribution in [0.25, 0.3) is 0 Å². The van der Waals surface area contributed by atoms with Gasteiger partial charge in [0.25, 0.3) is 0 Å². The smallest absolute Gasteiger partial charge is 0.0445 e. The van der Waals surface area contributed by atoms with Crippen LogP contribution in [0.2, 0.25) is 0 Å². The van der Waals surface area contributed by atoms with Crippen LogP contribution in [0.1, 0.15) is 18.5 Å². The highest BCUT2D eigenvalue weighted by Crippen LogP contribution is 2.29. The lowest BCUT2D eigenvalue weighted by Crippen LogP contribution is -2.30. The van der Waals surface area contributed by atoms with Crippen LogP contribution in [0, 0.1) is 0 Å². The van der Waals surface area contributed by atoms with Crippen molar-refractivity contribution >= 4 is 17.4 Å². The number of thioether (sulfide) groups is 1. The first kappa shape index (κ1) is 13.4. The molecule has 2 N–H and O–H groups in total. The summed E-state index contributed by atoms with van der Waals surface area (Å²) in [6.07, 6.45) is 2.12. The third-order valence-electron chi connectivity index (χ3n) is 2.56. The highest BCUT2D eigenvalue weighted by atomic mass is 32.2. The van der Waals surface area contributed by atoms with E-state index in [0.29, 0.717) is 6.04 Å². The molecule has 1 aromatic rings. The van der Waals surface area contributed by atoms with E-state index in [-0.39, 0.29) is 0 Å². The topological polar surface area (TPSA) is 27.3 Å². The molecule has 0 fully saturated rings. The second-order valence-electron chi connectivity index (χ2n) is 3.94. The molecule has 1 aromatic carbocycles. The van der Waals surface area contributed by atoms with Crippen molar-refractivity contribution in [2.75, 3.05) is 32.3 Å². The van der Waals surface area contributed by atoms with Gasteiger partial charge in [-0.2, -0.15) is 0 Å². The van der Waals surface area contributed by atoms with E-state index in [2.05, 4.69) is 61.2 Å². The van der Waals surface area contributed by atoms with Gasteiger partial charge in [0, 0.05) is 30.7 Å². The first-order valence-corrected chi connectivity index (χ1v) is 6.60. The van der Waals surface area contributed by atoms with Crippen molar-refractivity contribution in [1.29, 1.82) is 0 Å². The normalized spacial score (nSPS) is 12.6.